The van der Waals surface area contributed by atoms with Gasteiger partial charge in [-0.05, 0) is 11.6 Å². The maximum atomic E-state index is 10.5. The molecule has 0 saturated heterocycles. The molecule has 0 aliphatic rings. The van der Waals surface area contributed by atoms with Gasteiger partial charge in [-0.2, -0.15) is 0 Å². The summed E-state index contributed by atoms with van der Waals surface area (Å²) in [6, 6.07) is 11.0. The maximum Gasteiger partial charge on any atom is 0.358 e. The summed E-state index contributed by atoms with van der Waals surface area (Å²) in [7, 11) is 0. The van der Waals surface area contributed by atoms with Crippen molar-refractivity contribution in [3.05, 3.63) is 53.4 Å². The van der Waals surface area contributed by atoms with Crippen LogP contribution in [0.3, 0.4) is 0 Å². The summed E-state index contributed by atoms with van der Waals surface area (Å²) in [6.07, 6.45) is 3.50. The second-order valence-electron chi connectivity index (χ2n) is 3.16. The zero-order chi connectivity index (χ0) is 11.4. The zero-order valence-corrected chi connectivity index (χ0v) is 8.33. The fraction of sp³-hybridized carbons (Fsp3) is 0. The van der Waals surface area contributed by atoms with Crippen LogP contribution in [-0.2, 0) is 0 Å². The van der Waals surface area contributed by atoms with Crippen LogP contribution in [0.25, 0.3) is 12.2 Å². The van der Waals surface area contributed by atoms with Crippen molar-refractivity contribution in [2.24, 2.45) is 0 Å². The van der Waals surface area contributed by atoms with Gasteiger partial charge in [-0.1, -0.05) is 41.6 Å². The number of aromatic carboxylic acids is 1. The SMILES string of the molecule is O=C(O)c1cc(/C=C/c2ccccc2)on1. The molecule has 0 aliphatic heterocycles. The van der Waals surface area contributed by atoms with Gasteiger partial charge in [0, 0.05) is 6.07 Å². The Morgan fingerprint density at radius 2 is 2.00 bits per heavy atom. The standard InChI is InChI=1S/C12H9NO3/c14-12(15)11-8-10(16-13-11)7-6-9-4-2-1-3-5-9/h1-8H,(H,14,15)/b7-6+. The van der Waals surface area contributed by atoms with E-state index < -0.39 is 5.97 Å². The second-order valence-corrected chi connectivity index (χ2v) is 3.16. The third kappa shape index (κ3) is 2.36. The molecule has 0 unspecified atom stereocenters. The molecule has 0 radical (unpaired) electrons. The average Bonchev–Trinajstić information content (AvgIpc) is 2.76. The first kappa shape index (κ1) is 10.2. The van der Waals surface area contributed by atoms with Gasteiger partial charge >= 0.3 is 5.97 Å². The number of carboxylic acids is 1. The van der Waals surface area contributed by atoms with Gasteiger partial charge in [-0.25, -0.2) is 4.79 Å². The predicted molar refractivity (Wildman–Crippen MR) is 58.8 cm³/mol. The lowest BCUT2D eigenvalue weighted by molar-refractivity contribution is 0.0685. The Bertz CT molecular complexity index is 514. The molecule has 2 aromatic rings. The maximum absolute atomic E-state index is 10.5. The van der Waals surface area contributed by atoms with Crippen molar-refractivity contribution < 1.29 is 14.4 Å². The molecular formula is C12H9NO3. The van der Waals surface area contributed by atoms with Crippen LogP contribution in [0.15, 0.2) is 40.9 Å². The van der Waals surface area contributed by atoms with E-state index in [4.69, 9.17) is 9.63 Å². The molecule has 4 heteroatoms. The van der Waals surface area contributed by atoms with E-state index in [2.05, 4.69) is 5.16 Å². The number of carboxylic acid groups (broad SMARTS) is 1. The fourth-order valence-corrected chi connectivity index (χ4v) is 1.21. The zero-order valence-electron chi connectivity index (χ0n) is 8.33. The van der Waals surface area contributed by atoms with E-state index in [-0.39, 0.29) is 5.69 Å². The Morgan fingerprint density at radius 3 is 2.62 bits per heavy atom. The van der Waals surface area contributed by atoms with E-state index in [1.165, 1.54) is 6.07 Å². The lowest BCUT2D eigenvalue weighted by Gasteiger charge is -1.88. The van der Waals surface area contributed by atoms with E-state index in [1.807, 2.05) is 36.4 Å². The van der Waals surface area contributed by atoms with Crippen molar-refractivity contribution in [2.75, 3.05) is 0 Å². The Hall–Kier alpha value is -2.36. The fourth-order valence-electron chi connectivity index (χ4n) is 1.21. The van der Waals surface area contributed by atoms with Gasteiger partial charge in [0.1, 0.15) is 0 Å². The van der Waals surface area contributed by atoms with Gasteiger partial charge in [0.2, 0.25) is 0 Å². The minimum absolute atomic E-state index is 0.0901. The number of hydrogen-bond donors (Lipinski definition) is 1. The van der Waals surface area contributed by atoms with Crippen LogP contribution in [0.1, 0.15) is 21.8 Å². The normalized spacial score (nSPS) is 10.8. The first-order chi connectivity index (χ1) is 7.75. The van der Waals surface area contributed by atoms with Gasteiger partial charge < -0.3 is 9.63 Å². The van der Waals surface area contributed by atoms with Crippen molar-refractivity contribution in [3.8, 4) is 0 Å². The van der Waals surface area contributed by atoms with Crippen molar-refractivity contribution in [2.45, 2.75) is 0 Å². The first-order valence-corrected chi connectivity index (χ1v) is 4.69. The van der Waals surface area contributed by atoms with E-state index in [9.17, 15) is 4.79 Å². The molecule has 0 saturated carbocycles. The molecular weight excluding hydrogens is 206 g/mol. The van der Waals surface area contributed by atoms with Gasteiger partial charge in [0.15, 0.2) is 11.5 Å². The molecule has 4 nitrogen and oxygen atoms in total. The van der Waals surface area contributed by atoms with Crippen molar-refractivity contribution >= 4 is 18.1 Å². The lowest BCUT2D eigenvalue weighted by Crippen LogP contribution is -1.94. The molecule has 0 bridgehead atoms. The number of benzene rings is 1. The molecule has 0 amide bonds. The largest absolute Gasteiger partial charge is 0.476 e. The van der Waals surface area contributed by atoms with Crippen molar-refractivity contribution in [3.63, 3.8) is 0 Å². The highest BCUT2D eigenvalue weighted by molar-refractivity contribution is 5.86. The summed E-state index contributed by atoms with van der Waals surface area (Å²) in [6.45, 7) is 0. The molecule has 1 N–H and O–H groups in total. The molecule has 0 spiro atoms. The highest BCUT2D eigenvalue weighted by Crippen LogP contribution is 2.09. The topological polar surface area (TPSA) is 63.3 Å². The molecule has 0 fully saturated rings. The lowest BCUT2D eigenvalue weighted by atomic mass is 10.2. The molecule has 0 aliphatic carbocycles. The third-order valence-electron chi connectivity index (χ3n) is 1.99. The third-order valence-corrected chi connectivity index (χ3v) is 1.99. The second kappa shape index (κ2) is 4.44. The first-order valence-electron chi connectivity index (χ1n) is 4.69. The molecule has 80 valence electrons. The average molecular weight is 215 g/mol. The Kier molecular flexibility index (Phi) is 2.82. The van der Waals surface area contributed by atoms with E-state index in [0.717, 1.165) is 5.56 Å². The summed E-state index contributed by atoms with van der Waals surface area (Å²) in [5.41, 5.74) is 0.920. The molecule has 1 aromatic carbocycles. The van der Waals surface area contributed by atoms with Crippen LogP contribution in [-0.4, -0.2) is 16.2 Å². The number of carbonyl (C=O) groups is 1. The van der Waals surface area contributed by atoms with Crippen molar-refractivity contribution in [1.29, 1.82) is 0 Å². The number of nitrogens with zero attached hydrogens (tertiary/aromatic N) is 1. The predicted octanol–water partition coefficient (Wildman–Crippen LogP) is 2.54. The molecule has 2 rings (SSSR count). The van der Waals surface area contributed by atoms with Crippen molar-refractivity contribution in [1.82, 2.24) is 5.16 Å². The summed E-state index contributed by atoms with van der Waals surface area (Å²) >= 11 is 0. The summed E-state index contributed by atoms with van der Waals surface area (Å²) < 4.78 is 4.83. The molecule has 16 heavy (non-hydrogen) atoms. The van der Waals surface area contributed by atoms with E-state index in [0.29, 0.717) is 5.76 Å². The summed E-state index contributed by atoms with van der Waals surface area (Å²) in [4.78, 5) is 10.5. The molecule has 0 atom stereocenters. The van der Waals surface area contributed by atoms with E-state index in [1.54, 1.807) is 6.08 Å². The van der Waals surface area contributed by atoms with Crippen LogP contribution in [0.4, 0.5) is 0 Å². The Labute approximate surface area is 91.8 Å². The highest BCUT2D eigenvalue weighted by Gasteiger charge is 2.08. The van der Waals surface area contributed by atoms with Crippen LogP contribution >= 0.6 is 0 Å². The van der Waals surface area contributed by atoms with E-state index >= 15 is 0 Å². The van der Waals surface area contributed by atoms with Crippen LogP contribution in [0.2, 0.25) is 0 Å². The smallest absolute Gasteiger partial charge is 0.358 e. The molecule has 1 aromatic heterocycles. The number of rotatable bonds is 3. The van der Waals surface area contributed by atoms with Gasteiger partial charge in [-0.3, -0.25) is 0 Å². The van der Waals surface area contributed by atoms with Gasteiger partial charge in [0.05, 0.1) is 0 Å². The molecule has 1 heterocycles. The monoisotopic (exact) mass is 215 g/mol. The number of aromatic nitrogens is 1. The van der Waals surface area contributed by atoms with Gasteiger partial charge in [0.25, 0.3) is 0 Å². The minimum atomic E-state index is -1.09. The van der Waals surface area contributed by atoms with Crippen LogP contribution < -0.4 is 0 Å². The van der Waals surface area contributed by atoms with Crippen LogP contribution in [0.5, 0.6) is 0 Å². The quantitative estimate of drug-likeness (QED) is 0.854. The Balaban J connectivity index is 2.15. The highest BCUT2D eigenvalue weighted by atomic mass is 16.5. The minimum Gasteiger partial charge on any atom is -0.476 e. The van der Waals surface area contributed by atoms with Crippen LogP contribution in [0, 0.1) is 0 Å². The van der Waals surface area contributed by atoms with Gasteiger partial charge in [-0.15, -0.1) is 0 Å². The summed E-state index contributed by atoms with van der Waals surface area (Å²) in [5, 5.41) is 12.0. The number of hydrogen-bond acceptors (Lipinski definition) is 3. The summed E-state index contributed by atoms with van der Waals surface area (Å²) in [5.74, 6) is -0.677. The Morgan fingerprint density at radius 1 is 1.25 bits per heavy atom.